The fourth-order valence-electron chi connectivity index (χ4n) is 2.95. The monoisotopic (exact) mass is 375 g/mol. The minimum absolute atomic E-state index is 0.0683. The van der Waals surface area contributed by atoms with Crippen LogP contribution < -0.4 is 20.5 Å². The van der Waals surface area contributed by atoms with E-state index in [1.54, 1.807) is 30.3 Å². The van der Waals surface area contributed by atoms with Crippen LogP contribution in [-0.2, 0) is 6.42 Å². The lowest BCUT2D eigenvalue weighted by Crippen LogP contribution is -2.11. The van der Waals surface area contributed by atoms with Crippen LogP contribution in [0.2, 0.25) is 0 Å². The van der Waals surface area contributed by atoms with Crippen molar-refractivity contribution in [3.63, 3.8) is 0 Å². The van der Waals surface area contributed by atoms with Crippen LogP contribution in [-0.4, -0.2) is 28.4 Å². The van der Waals surface area contributed by atoms with Crippen molar-refractivity contribution >= 4 is 11.8 Å². The Balaban J connectivity index is 1.59. The normalized spacial score (nSPS) is 11.8. The van der Waals surface area contributed by atoms with E-state index in [2.05, 4.69) is 21.4 Å². The highest BCUT2D eigenvalue weighted by molar-refractivity contribution is 5.75. The lowest BCUT2D eigenvalue weighted by atomic mass is 10.1. The second kappa shape index (κ2) is 7.32. The van der Waals surface area contributed by atoms with Crippen molar-refractivity contribution < 1.29 is 14.6 Å². The van der Waals surface area contributed by atoms with Crippen molar-refractivity contribution in [2.75, 3.05) is 24.4 Å². The number of nitrogen functional groups attached to an aromatic ring is 1. The van der Waals surface area contributed by atoms with Gasteiger partial charge in [0.2, 0.25) is 12.7 Å². The molecule has 8 heteroatoms. The molecule has 0 unspecified atom stereocenters. The van der Waals surface area contributed by atoms with Crippen LogP contribution in [0.4, 0.5) is 11.8 Å². The first kappa shape index (κ1) is 17.4. The minimum Gasteiger partial charge on any atom is -0.508 e. The number of nitrogens with one attached hydrogen (secondary N) is 1. The molecule has 28 heavy (non-hydrogen) atoms. The van der Waals surface area contributed by atoms with Crippen LogP contribution in [0, 0.1) is 11.3 Å². The molecule has 0 spiro atoms. The van der Waals surface area contributed by atoms with E-state index in [9.17, 15) is 10.4 Å². The molecule has 0 radical (unpaired) electrons. The molecule has 3 aromatic rings. The van der Waals surface area contributed by atoms with Crippen molar-refractivity contribution in [2.24, 2.45) is 0 Å². The molecule has 0 atom stereocenters. The molecule has 0 aliphatic carbocycles. The number of nitrogens with zero attached hydrogens (tertiary/aromatic N) is 3. The first-order valence-electron chi connectivity index (χ1n) is 8.63. The van der Waals surface area contributed by atoms with E-state index in [1.165, 1.54) is 0 Å². The topological polar surface area (TPSA) is 126 Å². The average Bonchev–Trinajstić information content (AvgIpc) is 3.17. The first-order valence-corrected chi connectivity index (χ1v) is 8.63. The number of hydrogen-bond donors (Lipinski definition) is 3. The van der Waals surface area contributed by atoms with Crippen LogP contribution in [0.5, 0.6) is 17.2 Å². The third-order valence-corrected chi connectivity index (χ3v) is 4.33. The first-order chi connectivity index (χ1) is 13.6. The van der Waals surface area contributed by atoms with Gasteiger partial charge in [0.1, 0.15) is 23.2 Å². The zero-order valence-corrected chi connectivity index (χ0v) is 14.8. The Morgan fingerprint density at radius 3 is 2.68 bits per heavy atom. The molecule has 8 nitrogen and oxygen atoms in total. The number of hydrogen-bond acceptors (Lipinski definition) is 8. The number of aromatic hydroxyl groups is 1. The highest BCUT2D eigenvalue weighted by atomic mass is 16.7. The summed E-state index contributed by atoms with van der Waals surface area (Å²) in [4.78, 5) is 8.44. The summed E-state index contributed by atoms with van der Waals surface area (Å²) in [6, 6.07) is 14.5. The van der Waals surface area contributed by atoms with Crippen molar-refractivity contribution in [3.8, 4) is 34.6 Å². The third kappa shape index (κ3) is 3.46. The number of nitrogens with two attached hydrogens (primary N) is 1. The van der Waals surface area contributed by atoms with Crippen molar-refractivity contribution in [2.45, 2.75) is 6.42 Å². The van der Waals surface area contributed by atoms with Gasteiger partial charge in [-0.1, -0.05) is 12.1 Å². The number of benzene rings is 2. The van der Waals surface area contributed by atoms with Crippen molar-refractivity contribution in [1.29, 1.82) is 5.26 Å². The Labute approximate surface area is 161 Å². The highest BCUT2D eigenvalue weighted by Crippen LogP contribution is 2.37. The smallest absolute Gasteiger partial charge is 0.231 e. The number of phenols is 1. The fourth-order valence-corrected chi connectivity index (χ4v) is 2.95. The summed E-state index contributed by atoms with van der Waals surface area (Å²) in [7, 11) is 0. The molecule has 0 fully saturated rings. The van der Waals surface area contributed by atoms with Gasteiger partial charge in [-0.2, -0.15) is 10.2 Å². The summed E-state index contributed by atoms with van der Waals surface area (Å²) >= 11 is 0. The number of ether oxygens (including phenoxy) is 2. The number of phenolic OH excluding ortho intramolecular Hbond substituents is 1. The van der Waals surface area contributed by atoms with Crippen LogP contribution in [0.1, 0.15) is 11.1 Å². The molecule has 0 bridgehead atoms. The van der Waals surface area contributed by atoms with Gasteiger partial charge in [0, 0.05) is 12.1 Å². The molecule has 0 amide bonds. The van der Waals surface area contributed by atoms with E-state index in [4.69, 9.17) is 15.2 Å². The van der Waals surface area contributed by atoms with Crippen LogP contribution in [0.3, 0.4) is 0 Å². The van der Waals surface area contributed by atoms with Gasteiger partial charge in [-0.25, -0.2) is 4.98 Å². The summed E-state index contributed by atoms with van der Waals surface area (Å²) < 4.78 is 10.7. The molecule has 1 aromatic heterocycles. The quantitative estimate of drug-likeness (QED) is 0.621. The van der Waals surface area contributed by atoms with Crippen LogP contribution in [0.25, 0.3) is 11.3 Å². The van der Waals surface area contributed by atoms with Gasteiger partial charge < -0.3 is 25.6 Å². The van der Waals surface area contributed by atoms with Gasteiger partial charge >= 0.3 is 0 Å². The minimum atomic E-state index is 0.0683. The number of rotatable bonds is 5. The second-order valence-corrected chi connectivity index (χ2v) is 6.18. The molecule has 0 saturated heterocycles. The molecular formula is C20H17N5O3. The molecule has 140 valence electrons. The summed E-state index contributed by atoms with van der Waals surface area (Å²) in [5, 5.41) is 22.2. The summed E-state index contributed by atoms with van der Waals surface area (Å²) in [6.45, 7) is 0.705. The predicted octanol–water partition coefficient (Wildman–Crippen LogP) is 2.69. The Morgan fingerprint density at radius 1 is 1.11 bits per heavy atom. The Hall–Kier alpha value is -3.99. The molecule has 1 aliphatic heterocycles. The van der Waals surface area contributed by atoms with E-state index >= 15 is 0 Å². The number of aromatic nitrogens is 2. The molecule has 2 heterocycles. The predicted molar refractivity (Wildman–Crippen MR) is 103 cm³/mol. The van der Waals surface area contributed by atoms with Gasteiger partial charge in [-0.15, -0.1) is 0 Å². The van der Waals surface area contributed by atoms with Gasteiger partial charge in [0.15, 0.2) is 11.5 Å². The molecular weight excluding hydrogens is 358 g/mol. The van der Waals surface area contributed by atoms with E-state index < -0.39 is 0 Å². The van der Waals surface area contributed by atoms with Crippen LogP contribution in [0.15, 0.2) is 42.5 Å². The van der Waals surface area contributed by atoms with Gasteiger partial charge in [0.05, 0.1) is 5.69 Å². The number of nitriles is 1. The standard InChI is InChI=1S/C20H17N5O3/c21-10-15-18(13-3-6-16-17(9-13)28-11-27-16)24-20(22)25-19(15)23-8-7-12-1-4-14(26)5-2-12/h1-6,9,26H,7-8,11H2,(H3,22,23,24,25). The van der Waals surface area contributed by atoms with Crippen molar-refractivity contribution in [1.82, 2.24) is 9.97 Å². The molecule has 0 saturated carbocycles. The average molecular weight is 375 g/mol. The van der Waals surface area contributed by atoms with E-state index in [1.807, 2.05) is 12.1 Å². The maximum Gasteiger partial charge on any atom is 0.231 e. The molecule has 4 rings (SSSR count). The molecule has 2 aromatic carbocycles. The van der Waals surface area contributed by atoms with E-state index in [0.29, 0.717) is 47.1 Å². The van der Waals surface area contributed by atoms with E-state index in [-0.39, 0.29) is 18.5 Å². The largest absolute Gasteiger partial charge is 0.508 e. The summed E-state index contributed by atoms with van der Waals surface area (Å²) in [5.74, 6) is 1.91. The number of fused-ring (bicyclic) bond motifs is 1. The third-order valence-electron chi connectivity index (χ3n) is 4.33. The summed E-state index contributed by atoms with van der Waals surface area (Å²) in [5.41, 5.74) is 8.35. The maximum absolute atomic E-state index is 9.70. The zero-order chi connectivity index (χ0) is 19.5. The fraction of sp³-hybridized carbons (Fsp3) is 0.150. The summed E-state index contributed by atoms with van der Waals surface area (Å²) in [6.07, 6.45) is 0.689. The van der Waals surface area contributed by atoms with Crippen LogP contribution >= 0.6 is 0 Å². The molecule has 4 N–H and O–H groups in total. The second-order valence-electron chi connectivity index (χ2n) is 6.18. The Bertz CT molecular complexity index is 1060. The number of anilines is 2. The van der Waals surface area contributed by atoms with Gasteiger partial charge in [-0.3, -0.25) is 0 Å². The maximum atomic E-state index is 9.70. The Kier molecular flexibility index (Phi) is 4.56. The molecule has 1 aliphatic rings. The van der Waals surface area contributed by atoms with Crippen molar-refractivity contribution in [3.05, 3.63) is 53.6 Å². The lowest BCUT2D eigenvalue weighted by molar-refractivity contribution is 0.174. The lowest BCUT2D eigenvalue weighted by Gasteiger charge is -2.12. The van der Waals surface area contributed by atoms with Gasteiger partial charge in [-0.05, 0) is 42.3 Å². The van der Waals surface area contributed by atoms with Gasteiger partial charge in [0.25, 0.3) is 0 Å². The Morgan fingerprint density at radius 2 is 1.89 bits per heavy atom. The van der Waals surface area contributed by atoms with E-state index in [0.717, 1.165) is 5.56 Å². The zero-order valence-electron chi connectivity index (χ0n) is 14.8. The highest BCUT2D eigenvalue weighted by Gasteiger charge is 2.19. The SMILES string of the molecule is N#Cc1c(NCCc2ccc(O)cc2)nc(N)nc1-c1ccc2c(c1)OCO2.